The number of anilines is 1. The van der Waals surface area contributed by atoms with Crippen LogP contribution in [0.2, 0.25) is 0 Å². The van der Waals surface area contributed by atoms with Crippen LogP contribution in [0.25, 0.3) is 16.5 Å². The molecule has 0 fully saturated rings. The van der Waals surface area contributed by atoms with Crippen molar-refractivity contribution in [2.24, 2.45) is 0 Å². The minimum atomic E-state index is -0.426. The van der Waals surface area contributed by atoms with Crippen LogP contribution in [0.5, 0.6) is 0 Å². The second-order valence-corrected chi connectivity index (χ2v) is 6.08. The average molecular weight is 358 g/mol. The molecule has 0 unspecified atom stereocenters. The molecule has 3 rings (SSSR count). The van der Waals surface area contributed by atoms with Gasteiger partial charge in [0.2, 0.25) is 0 Å². The van der Waals surface area contributed by atoms with E-state index in [-0.39, 0.29) is 0 Å². The molecule has 0 radical (unpaired) electrons. The predicted molar refractivity (Wildman–Crippen MR) is 110 cm³/mol. The summed E-state index contributed by atoms with van der Waals surface area (Å²) in [5.41, 5.74) is 2.08. The molecule has 0 atom stereocenters. The van der Waals surface area contributed by atoms with Crippen molar-refractivity contribution in [3.63, 3.8) is 0 Å². The number of rotatable bonds is 6. The number of hydrogen-bond donors (Lipinski definition) is 0. The zero-order valence-electron chi connectivity index (χ0n) is 15.6. The molecular formula is C23H22N2O2. The highest BCUT2D eigenvalue weighted by Crippen LogP contribution is 2.27. The number of esters is 1. The van der Waals surface area contributed by atoms with E-state index in [2.05, 4.69) is 35.8 Å². The van der Waals surface area contributed by atoms with E-state index in [1.807, 2.05) is 48.3 Å². The van der Waals surface area contributed by atoms with Gasteiger partial charge in [0.15, 0.2) is 0 Å². The van der Waals surface area contributed by atoms with Crippen molar-refractivity contribution in [3.8, 4) is 0 Å². The largest absolute Gasteiger partial charge is 0.462 e. The first-order valence-electron chi connectivity index (χ1n) is 8.82. The van der Waals surface area contributed by atoms with Gasteiger partial charge in [-0.05, 0) is 47.5 Å². The van der Waals surface area contributed by atoms with Gasteiger partial charge in [0.05, 0.1) is 17.9 Å². The summed E-state index contributed by atoms with van der Waals surface area (Å²) in [6.45, 7) is 5.97. The fourth-order valence-corrected chi connectivity index (χ4v) is 2.85. The zero-order valence-corrected chi connectivity index (χ0v) is 15.6. The quantitative estimate of drug-likeness (QED) is 0.359. The molecule has 0 spiro atoms. The number of fused-ring (bicyclic) bond motifs is 1. The van der Waals surface area contributed by atoms with Crippen LogP contribution in [0.15, 0.2) is 85.1 Å². The van der Waals surface area contributed by atoms with E-state index >= 15 is 0 Å². The molecule has 0 saturated heterocycles. The summed E-state index contributed by atoms with van der Waals surface area (Å²) in [6, 6.07) is 20.1. The van der Waals surface area contributed by atoms with Crippen molar-refractivity contribution in [1.82, 2.24) is 4.98 Å². The molecule has 2 aromatic carbocycles. The van der Waals surface area contributed by atoms with Crippen LogP contribution in [0, 0.1) is 0 Å². The van der Waals surface area contributed by atoms with Crippen LogP contribution in [0.4, 0.5) is 5.82 Å². The van der Waals surface area contributed by atoms with Crippen molar-refractivity contribution in [2.45, 2.75) is 6.92 Å². The first-order chi connectivity index (χ1) is 13.1. The smallest absolute Gasteiger partial charge is 0.337 e. The van der Waals surface area contributed by atoms with Gasteiger partial charge in [-0.1, -0.05) is 49.0 Å². The molecule has 0 aliphatic carbocycles. The van der Waals surface area contributed by atoms with Crippen molar-refractivity contribution < 1.29 is 9.53 Å². The number of pyridine rings is 1. The van der Waals surface area contributed by atoms with Gasteiger partial charge in [-0.15, -0.1) is 0 Å². The first-order valence-corrected chi connectivity index (χ1v) is 8.82. The molecule has 1 heterocycles. The van der Waals surface area contributed by atoms with E-state index in [1.54, 1.807) is 19.2 Å². The first kappa shape index (κ1) is 18.4. The highest BCUT2D eigenvalue weighted by molar-refractivity contribution is 5.96. The lowest BCUT2D eigenvalue weighted by atomic mass is 10.0. The molecular weight excluding hydrogens is 336 g/mol. The zero-order chi connectivity index (χ0) is 19.2. The third-order valence-corrected chi connectivity index (χ3v) is 4.25. The lowest BCUT2D eigenvalue weighted by Crippen LogP contribution is -2.18. The van der Waals surface area contributed by atoms with E-state index in [0.717, 1.165) is 27.9 Å². The molecule has 0 amide bonds. The van der Waals surface area contributed by atoms with Gasteiger partial charge in [0, 0.05) is 13.2 Å². The standard InChI is InChI=1S/C23H22N2O2/c1-4-27-23(26)17(2)15-21(25(3)22-11-7-8-14-24-22)20-13-12-18-9-5-6-10-19(18)16-20/h5-16H,2,4H2,1,3H3/b21-15-. The fourth-order valence-electron chi connectivity index (χ4n) is 2.85. The Balaban J connectivity index is 2.08. The Kier molecular flexibility index (Phi) is 5.67. The number of benzene rings is 2. The van der Waals surface area contributed by atoms with Gasteiger partial charge in [-0.25, -0.2) is 9.78 Å². The molecule has 4 heteroatoms. The number of nitrogens with zero attached hydrogens (tertiary/aromatic N) is 2. The Labute approximate surface area is 159 Å². The monoisotopic (exact) mass is 358 g/mol. The van der Waals surface area contributed by atoms with Gasteiger partial charge in [-0.3, -0.25) is 0 Å². The van der Waals surface area contributed by atoms with Crippen molar-refractivity contribution >= 4 is 28.3 Å². The Morgan fingerprint density at radius 2 is 1.85 bits per heavy atom. The summed E-state index contributed by atoms with van der Waals surface area (Å²) in [5.74, 6) is 0.346. The highest BCUT2D eigenvalue weighted by Gasteiger charge is 2.14. The molecule has 0 bridgehead atoms. The number of carbonyl (C=O) groups excluding carboxylic acids is 1. The maximum atomic E-state index is 12.1. The molecule has 27 heavy (non-hydrogen) atoms. The van der Waals surface area contributed by atoms with Gasteiger partial charge < -0.3 is 9.64 Å². The number of carbonyl (C=O) groups is 1. The van der Waals surface area contributed by atoms with E-state index in [9.17, 15) is 4.79 Å². The molecule has 1 aromatic heterocycles. The topological polar surface area (TPSA) is 42.4 Å². The number of hydrogen-bond acceptors (Lipinski definition) is 4. The van der Waals surface area contributed by atoms with Crippen LogP contribution in [-0.4, -0.2) is 24.6 Å². The van der Waals surface area contributed by atoms with Gasteiger partial charge in [0.25, 0.3) is 0 Å². The van der Waals surface area contributed by atoms with E-state index in [0.29, 0.717) is 12.2 Å². The second kappa shape index (κ2) is 8.32. The average Bonchev–Trinajstić information content (AvgIpc) is 2.71. The Hall–Kier alpha value is -3.40. The third kappa shape index (κ3) is 4.23. The van der Waals surface area contributed by atoms with Crippen LogP contribution in [0.1, 0.15) is 12.5 Å². The van der Waals surface area contributed by atoms with Crippen molar-refractivity contribution in [2.75, 3.05) is 18.6 Å². The fraction of sp³-hybridized carbons (Fsp3) is 0.130. The van der Waals surface area contributed by atoms with Crippen LogP contribution in [0.3, 0.4) is 0 Å². The Morgan fingerprint density at radius 3 is 2.56 bits per heavy atom. The number of aromatic nitrogens is 1. The Bertz CT molecular complexity index is 993. The van der Waals surface area contributed by atoms with Crippen LogP contribution >= 0.6 is 0 Å². The van der Waals surface area contributed by atoms with E-state index in [4.69, 9.17) is 4.74 Å². The predicted octanol–water partition coefficient (Wildman–Crippen LogP) is 4.83. The van der Waals surface area contributed by atoms with E-state index < -0.39 is 5.97 Å². The van der Waals surface area contributed by atoms with Crippen molar-refractivity contribution in [1.29, 1.82) is 0 Å². The number of ether oxygens (including phenoxy) is 1. The van der Waals surface area contributed by atoms with Gasteiger partial charge in [-0.2, -0.15) is 0 Å². The Morgan fingerprint density at radius 1 is 1.11 bits per heavy atom. The minimum Gasteiger partial charge on any atom is -0.462 e. The highest BCUT2D eigenvalue weighted by atomic mass is 16.5. The lowest BCUT2D eigenvalue weighted by Gasteiger charge is -2.23. The molecule has 3 aromatic rings. The summed E-state index contributed by atoms with van der Waals surface area (Å²) >= 11 is 0. The molecule has 0 N–H and O–H groups in total. The molecule has 0 aliphatic rings. The molecule has 0 aliphatic heterocycles. The van der Waals surface area contributed by atoms with Gasteiger partial charge in [0.1, 0.15) is 5.82 Å². The summed E-state index contributed by atoms with van der Waals surface area (Å²) in [4.78, 5) is 18.4. The summed E-state index contributed by atoms with van der Waals surface area (Å²) in [5, 5.41) is 2.28. The molecule has 0 saturated carbocycles. The molecule has 136 valence electrons. The van der Waals surface area contributed by atoms with E-state index in [1.165, 1.54) is 0 Å². The lowest BCUT2D eigenvalue weighted by molar-refractivity contribution is -0.138. The second-order valence-electron chi connectivity index (χ2n) is 6.08. The summed E-state index contributed by atoms with van der Waals surface area (Å²) < 4.78 is 5.08. The van der Waals surface area contributed by atoms with Crippen LogP contribution < -0.4 is 4.90 Å². The van der Waals surface area contributed by atoms with Crippen molar-refractivity contribution in [3.05, 3.63) is 90.7 Å². The maximum absolute atomic E-state index is 12.1. The summed E-state index contributed by atoms with van der Waals surface area (Å²) in [7, 11) is 1.92. The third-order valence-electron chi connectivity index (χ3n) is 4.25. The van der Waals surface area contributed by atoms with Gasteiger partial charge >= 0.3 is 5.97 Å². The SMILES string of the molecule is C=C(/C=C(/c1ccc2ccccc2c1)N(C)c1ccccn1)C(=O)OCC. The summed E-state index contributed by atoms with van der Waals surface area (Å²) in [6.07, 6.45) is 3.49. The maximum Gasteiger partial charge on any atom is 0.337 e. The molecule has 4 nitrogen and oxygen atoms in total. The minimum absolute atomic E-state index is 0.294. The van der Waals surface area contributed by atoms with Crippen LogP contribution in [-0.2, 0) is 9.53 Å². The normalized spacial score (nSPS) is 11.3.